The molecule has 1 nitrogen and oxygen atoms in total. The summed E-state index contributed by atoms with van der Waals surface area (Å²) in [5, 5.41) is 4.62. The molecule has 0 saturated heterocycles. The molecule has 0 spiro atoms. The van der Waals surface area contributed by atoms with Crippen LogP contribution in [0.2, 0.25) is 0 Å². The number of rotatable bonds is 3. The van der Waals surface area contributed by atoms with E-state index in [0.717, 1.165) is 12.0 Å². The summed E-state index contributed by atoms with van der Waals surface area (Å²) in [4.78, 5) is 0. The van der Waals surface area contributed by atoms with Crippen LogP contribution in [0.3, 0.4) is 0 Å². The van der Waals surface area contributed by atoms with Crippen molar-refractivity contribution in [1.29, 1.82) is 0 Å². The van der Waals surface area contributed by atoms with Gasteiger partial charge in [0.05, 0.1) is 0 Å². The van der Waals surface area contributed by atoms with Crippen LogP contribution < -0.4 is 5.32 Å². The maximum absolute atomic E-state index is 4.62. The molecule has 0 N–H and O–H groups in total. The molecule has 2 fully saturated rings. The Morgan fingerprint density at radius 1 is 1.00 bits per heavy atom. The van der Waals surface area contributed by atoms with Crippen molar-refractivity contribution in [2.45, 2.75) is 44.6 Å². The molecule has 0 unspecified atom stereocenters. The van der Waals surface area contributed by atoms with Gasteiger partial charge in [-0.05, 0) is 31.6 Å². The average molecular weight is 138 g/mol. The van der Waals surface area contributed by atoms with E-state index in [1.54, 1.807) is 0 Å². The fourth-order valence-electron chi connectivity index (χ4n) is 1.75. The van der Waals surface area contributed by atoms with Crippen LogP contribution >= 0.6 is 0 Å². The summed E-state index contributed by atoms with van der Waals surface area (Å²) in [6.45, 7) is 1.19. The summed E-state index contributed by atoms with van der Waals surface area (Å²) in [7, 11) is 0. The fourth-order valence-corrected chi connectivity index (χ4v) is 1.75. The minimum Gasteiger partial charge on any atom is -0.238 e. The predicted octanol–water partition coefficient (Wildman–Crippen LogP) is 1.94. The van der Waals surface area contributed by atoms with E-state index < -0.39 is 0 Å². The third-order valence-electron chi connectivity index (χ3n) is 2.64. The lowest BCUT2D eigenvalue weighted by Crippen LogP contribution is -2.15. The lowest BCUT2D eigenvalue weighted by molar-refractivity contribution is 0.481. The Balaban J connectivity index is 1.59. The van der Waals surface area contributed by atoms with E-state index in [0.29, 0.717) is 0 Å². The number of hydrogen-bond acceptors (Lipinski definition) is 0. The Labute approximate surface area is 63.2 Å². The lowest BCUT2D eigenvalue weighted by Gasteiger charge is -2.06. The highest BCUT2D eigenvalue weighted by atomic mass is 14.9. The molecule has 0 heterocycles. The molecule has 0 aliphatic heterocycles. The van der Waals surface area contributed by atoms with Gasteiger partial charge in [-0.15, -0.1) is 0 Å². The van der Waals surface area contributed by atoms with Gasteiger partial charge in [-0.3, -0.25) is 0 Å². The summed E-state index contributed by atoms with van der Waals surface area (Å²) in [5.74, 6) is 0.973. The molecule has 2 saturated carbocycles. The van der Waals surface area contributed by atoms with Gasteiger partial charge in [0.2, 0.25) is 0 Å². The fraction of sp³-hybridized carbons (Fsp3) is 1.00. The largest absolute Gasteiger partial charge is 0.238 e. The second kappa shape index (κ2) is 2.91. The Hall–Kier alpha value is -0.0400. The minimum atomic E-state index is 0.792. The van der Waals surface area contributed by atoms with Crippen LogP contribution in [0.5, 0.6) is 0 Å². The molecule has 0 aromatic carbocycles. The molecule has 2 aliphatic carbocycles. The minimum absolute atomic E-state index is 0.792. The third-order valence-corrected chi connectivity index (χ3v) is 2.64. The standard InChI is InChI=1S/C9H16N/c1-2-4-8(3-1)7-10-9-5-6-9/h8-9H,1-7H2. The summed E-state index contributed by atoms with van der Waals surface area (Å²) in [6, 6.07) is 0.792. The Bertz CT molecular complexity index is 101. The van der Waals surface area contributed by atoms with Crippen LogP contribution in [0.15, 0.2) is 0 Å². The van der Waals surface area contributed by atoms with Gasteiger partial charge in [0, 0.05) is 12.6 Å². The van der Waals surface area contributed by atoms with Crippen molar-refractivity contribution >= 4 is 0 Å². The molecular weight excluding hydrogens is 122 g/mol. The topological polar surface area (TPSA) is 14.1 Å². The zero-order chi connectivity index (χ0) is 6.81. The molecule has 10 heavy (non-hydrogen) atoms. The molecule has 2 aliphatic rings. The highest BCUT2D eigenvalue weighted by Crippen LogP contribution is 2.26. The van der Waals surface area contributed by atoms with Crippen molar-refractivity contribution in [1.82, 2.24) is 5.32 Å². The second-order valence-corrected chi connectivity index (χ2v) is 3.75. The van der Waals surface area contributed by atoms with E-state index in [1.165, 1.54) is 45.1 Å². The summed E-state index contributed by atoms with van der Waals surface area (Å²) < 4.78 is 0. The predicted molar refractivity (Wildman–Crippen MR) is 42.0 cm³/mol. The van der Waals surface area contributed by atoms with Crippen LogP contribution in [0.4, 0.5) is 0 Å². The highest BCUT2D eigenvalue weighted by Gasteiger charge is 2.24. The summed E-state index contributed by atoms with van der Waals surface area (Å²) >= 11 is 0. The van der Waals surface area contributed by atoms with Crippen molar-refractivity contribution in [3.63, 3.8) is 0 Å². The van der Waals surface area contributed by atoms with Gasteiger partial charge in [0.25, 0.3) is 0 Å². The van der Waals surface area contributed by atoms with Gasteiger partial charge in [0.1, 0.15) is 0 Å². The van der Waals surface area contributed by atoms with E-state index in [1.807, 2.05) is 0 Å². The normalized spacial score (nSPS) is 27.6. The van der Waals surface area contributed by atoms with E-state index in [4.69, 9.17) is 0 Å². The summed E-state index contributed by atoms with van der Waals surface area (Å²) in [5.41, 5.74) is 0. The average Bonchev–Trinajstić information content (AvgIpc) is 2.63. The number of hydrogen-bond donors (Lipinski definition) is 0. The molecule has 1 radical (unpaired) electrons. The van der Waals surface area contributed by atoms with Gasteiger partial charge in [-0.1, -0.05) is 12.8 Å². The van der Waals surface area contributed by atoms with Crippen molar-refractivity contribution in [3.8, 4) is 0 Å². The van der Waals surface area contributed by atoms with Gasteiger partial charge in [-0.25, -0.2) is 5.32 Å². The molecule has 0 atom stereocenters. The quantitative estimate of drug-likeness (QED) is 0.566. The molecule has 0 bridgehead atoms. The smallest absolute Gasteiger partial charge is 0.0247 e. The van der Waals surface area contributed by atoms with Crippen LogP contribution in [-0.4, -0.2) is 12.6 Å². The monoisotopic (exact) mass is 138 g/mol. The van der Waals surface area contributed by atoms with Crippen molar-refractivity contribution in [3.05, 3.63) is 0 Å². The zero-order valence-electron chi connectivity index (χ0n) is 6.55. The highest BCUT2D eigenvalue weighted by molar-refractivity contribution is 4.82. The molecule has 2 rings (SSSR count). The molecule has 57 valence electrons. The van der Waals surface area contributed by atoms with Gasteiger partial charge in [0.15, 0.2) is 0 Å². The van der Waals surface area contributed by atoms with Crippen LogP contribution in [0.25, 0.3) is 0 Å². The Morgan fingerprint density at radius 2 is 1.70 bits per heavy atom. The lowest BCUT2D eigenvalue weighted by atomic mass is 10.1. The number of nitrogens with zero attached hydrogens (tertiary/aromatic N) is 1. The van der Waals surface area contributed by atoms with Crippen molar-refractivity contribution < 1.29 is 0 Å². The Morgan fingerprint density at radius 3 is 2.30 bits per heavy atom. The van der Waals surface area contributed by atoms with Gasteiger partial charge < -0.3 is 0 Å². The van der Waals surface area contributed by atoms with Gasteiger partial charge >= 0.3 is 0 Å². The molecule has 0 aromatic rings. The van der Waals surface area contributed by atoms with Crippen LogP contribution in [0, 0.1) is 5.92 Å². The van der Waals surface area contributed by atoms with E-state index >= 15 is 0 Å². The maximum Gasteiger partial charge on any atom is 0.0247 e. The van der Waals surface area contributed by atoms with Crippen molar-refractivity contribution in [2.75, 3.05) is 6.54 Å². The first kappa shape index (κ1) is 6.66. The Kier molecular flexibility index (Phi) is 1.94. The summed E-state index contributed by atoms with van der Waals surface area (Å²) in [6.07, 6.45) is 8.60. The van der Waals surface area contributed by atoms with E-state index in [-0.39, 0.29) is 0 Å². The van der Waals surface area contributed by atoms with E-state index in [9.17, 15) is 0 Å². The third kappa shape index (κ3) is 1.72. The first-order chi connectivity index (χ1) is 4.95. The zero-order valence-corrected chi connectivity index (χ0v) is 6.55. The second-order valence-electron chi connectivity index (χ2n) is 3.75. The maximum atomic E-state index is 4.62. The molecule has 0 amide bonds. The molecule has 0 aromatic heterocycles. The van der Waals surface area contributed by atoms with E-state index in [2.05, 4.69) is 5.32 Å². The molecular formula is C9H16N. The first-order valence-corrected chi connectivity index (χ1v) is 4.62. The van der Waals surface area contributed by atoms with Crippen molar-refractivity contribution in [2.24, 2.45) is 5.92 Å². The van der Waals surface area contributed by atoms with Gasteiger partial charge in [-0.2, -0.15) is 0 Å². The van der Waals surface area contributed by atoms with Crippen LogP contribution in [0.1, 0.15) is 38.5 Å². The SMILES string of the molecule is C1CCC(C[N]C2CC2)C1. The first-order valence-electron chi connectivity index (χ1n) is 4.62. The van der Waals surface area contributed by atoms with Crippen LogP contribution in [-0.2, 0) is 0 Å². The molecule has 1 heteroatoms.